The first kappa shape index (κ1) is 9.87. The third-order valence-electron chi connectivity index (χ3n) is 3.88. The third kappa shape index (κ3) is 1.22. The average Bonchev–Trinajstić information content (AvgIpc) is 2.12. The molecular formula is C12H14F2N2. The van der Waals surface area contributed by atoms with Crippen LogP contribution in [0.25, 0.3) is 0 Å². The van der Waals surface area contributed by atoms with Crippen LogP contribution in [0.2, 0.25) is 0 Å². The summed E-state index contributed by atoms with van der Waals surface area (Å²) in [6, 6.07) is 2.51. The first-order valence-corrected chi connectivity index (χ1v) is 5.60. The topological polar surface area (TPSA) is 29.3 Å². The average molecular weight is 224 g/mol. The van der Waals surface area contributed by atoms with Crippen molar-refractivity contribution in [1.82, 2.24) is 0 Å². The molecule has 2 fully saturated rings. The van der Waals surface area contributed by atoms with Crippen LogP contribution < -0.4 is 10.6 Å². The maximum absolute atomic E-state index is 13.6. The van der Waals surface area contributed by atoms with Crippen molar-refractivity contribution >= 4 is 11.4 Å². The largest absolute Gasteiger partial charge is 0.397 e. The molecular weight excluding hydrogens is 210 g/mol. The van der Waals surface area contributed by atoms with Gasteiger partial charge in [-0.05, 0) is 25.0 Å². The van der Waals surface area contributed by atoms with E-state index in [0.29, 0.717) is 11.1 Å². The Hall–Kier alpha value is -1.32. The number of nitrogens with two attached hydrogens (primary N) is 1. The Kier molecular flexibility index (Phi) is 1.91. The van der Waals surface area contributed by atoms with Crippen molar-refractivity contribution in [3.8, 4) is 0 Å². The lowest BCUT2D eigenvalue weighted by Gasteiger charge is -2.57. The van der Waals surface area contributed by atoms with Gasteiger partial charge in [-0.3, -0.25) is 0 Å². The van der Waals surface area contributed by atoms with Crippen molar-refractivity contribution in [3.63, 3.8) is 0 Å². The molecule has 2 aliphatic rings. The van der Waals surface area contributed by atoms with Crippen LogP contribution in [0.3, 0.4) is 0 Å². The molecule has 1 saturated heterocycles. The molecule has 1 aromatic carbocycles. The molecule has 0 bridgehead atoms. The van der Waals surface area contributed by atoms with E-state index in [-0.39, 0.29) is 5.69 Å². The molecule has 0 atom stereocenters. The fourth-order valence-corrected chi connectivity index (χ4v) is 2.79. The monoisotopic (exact) mass is 224 g/mol. The lowest BCUT2D eigenvalue weighted by Crippen LogP contribution is -2.60. The van der Waals surface area contributed by atoms with Gasteiger partial charge in [0, 0.05) is 18.5 Å². The third-order valence-corrected chi connectivity index (χ3v) is 3.88. The summed E-state index contributed by atoms with van der Waals surface area (Å²) in [5.74, 6) is -1.63. The predicted octanol–water partition coefficient (Wildman–Crippen LogP) is 2.54. The minimum Gasteiger partial charge on any atom is -0.397 e. The van der Waals surface area contributed by atoms with Gasteiger partial charge in [0.05, 0.1) is 11.4 Å². The van der Waals surface area contributed by atoms with Gasteiger partial charge in [-0.2, -0.15) is 0 Å². The summed E-state index contributed by atoms with van der Waals surface area (Å²) in [7, 11) is 0. The molecule has 1 aliphatic heterocycles. The highest BCUT2D eigenvalue weighted by Gasteiger charge is 2.48. The van der Waals surface area contributed by atoms with Gasteiger partial charge < -0.3 is 10.6 Å². The Balaban J connectivity index is 1.87. The van der Waals surface area contributed by atoms with Gasteiger partial charge in [0.15, 0.2) is 11.6 Å². The van der Waals surface area contributed by atoms with Gasteiger partial charge in [0.1, 0.15) is 0 Å². The van der Waals surface area contributed by atoms with Crippen LogP contribution in [0, 0.1) is 17.0 Å². The van der Waals surface area contributed by atoms with E-state index >= 15 is 0 Å². The molecule has 2 N–H and O–H groups in total. The predicted molar refractivity (Wildman–Crippen MR) is 59.3 cm³/mol. The van der Waals surface area contributed by atoms with E-state index in [0.717, 1.165) is 19.2 Å². The van der Waals surface area contributed by atoms with Gasteiger partial charge in [0.2, 0.25) is 0 Å². The molecule has 16 heavy (non-hydrogen) atoms. The smallest absolute Gasteiger partial charge is 0.184 e. The number of hydrogen-bond donors (Lipinski definition) is 1. The van der Waals surface area contributed by atoms with Crippen LogP contribution in [-0.2, 0) is 0 Å². The Morgan fingerprint density at radius 2 is 1.88 bits per heavy atom. The zero-order valence-electron chi connectivity index (χ0n) is 8.97. The van der Waals surface area contributed by atoms with Gasteiger partial charge in [0.25, 0.3) is 0 Å². The number of nitrogens with zero attached hydrogens (tertiary/aromatic N) is 1. The van der Waals surface area contributed by atoms with Gasteiger partial charge in [-0.1, -0.05) is 6.42 Å². The molecule has 0 unspecified atom stereocenters. The molecule has 0 aromatic heterocycles. The van der Waals surface area contributed by atoms with Gasteiger partial charge >= 0.3 is 0 Å². The van der Waals surface area contributed by atoms with E-state index in [2.05, 4.69) is 0 Å². The molecule has 2 nitrogen and oxygen atoms in total. The molecule has 3 rings (SSSR count). The molecule has 0 amide bonds. The van der Waals surface area contributed by atoms with Crippen LogP contribution in [0.4, 0.5) is 20.2 Å². The van der Waals surface area contributed by atoms with E-state index in [1.165, 1.54) is 25.3 Å². The van der Waals surface area contributed by atoms with Gasteiger partial charge in [-0.15, -0.1) is 0 Å². The molecule has 0 radical (unpaired) electrons. The number of nitrogen functional groups attached to an aromatic ring is 1. The number of rotatable bonds is 1. The molecule has 1 aromatic rings. The van der Waals surface area contributed by atoms with Crippen molar-refractivity contribution in [2.24, 2.45) is 5.41 Å². The Bertz CT molecular complexity index is 433. The van der Waals surface area contributed by atoms with Crippen LogP contribution in [-0.4, -0.2) is 13.1 Å². The molecule has 1 heterocycles. The van der Waals surface area contributed by atoms with Crippen molar-refractivity contribution in [1.29, 1.82) is 0 Å². The summed E-state index contributed by atoms with van der Waals surface area (Å²) in [4.78, 5) is 1.85. The number of halogens is 2. The fraction of sp³-hybridized carbons (Fsp3) is 0.500. The van der Waals surface area contributed by atoms with Crippen LogP contribution in [0.15, 0.2) is 12.1 Å². The summed E-state index contributed by atoms with van der Waals surface area (Å²) in [5, 5.41) is 0. The summed E-state index contributed by atoms with van der Waals surface area (Å²) in [6.45, 7) is 1.63. The quantitative estimate of drug-likeness (QED) is 0.743. The summed E-state index contributed by atoms with van der Waals surface area (Å²) < 4.78 is 26.7. The van der Waals surface area contributed by atoms with Crippen molar-refractivity contribution in [3.05, 3.63) is 23.8 Å². The molecule has 86 valence electrons. The lowest BCUT2D eigenvalue weighted by atomic mass is 9.63. The zero-order chi connectivity index (χ0) is 11.3. The maximum atomic E-state index is 13.6. The van der Waals surface area contributed by atoms with E-state index < -0.39 is 11.6 Å². The fourth-order valence-electron chi connectivity index (χ4n) is 2.79. The highest BCUT2D eigenvalue weighted by atomic mass is 19.2. The van der Waals surface area contributed by atoms with E-state index in [1.54, 1.807) is 0 Å². The highest BCUT2D eigenvalue weighted by molar-refractivity contribution is 5.70. The second kappa shape index (κ2) is 3.09. The minimum absolute atomic E-state index is 0.248. The van der Waals surface area contributed by atoms with Gasteiger partial charge in [-0.25, -0.2) is 8.78 Å². The molecule has 1 saturated carbocycles. The number of benzene rings is 1. The van der Waals surface area contributed by atoms with Crippen molar-refractivity contribution in [2.45, 2.75) is 19.3 Å². The first-order valence-electron chi connectivity index (χ1n) is 5.60. The van der Waals surface area contributed by atoms with Crippen LogP contribution in [0.5, 0.6) is 0 Å². The standard InChI is InChI=1S/C12H14F2N2/c13-8-2-3-9(15)11(10(8)14)16-6-12(7-16)4-1-5-12/h2-3H,1,4-7,15H2. The first-order chi connectivity index (χ1) is 7.61. The molecule has 1 spiro atoms. The Morgan fingerprint density at radius 1 is 1.19 bits per heavy atom. The van der Waals surface area contributed by atoms with Crippen LogP contribution >= 0.6 is 0 Å². The summed E-state index contributed by atoms with van der Waals surface area (Å²) >= 11 is 0. The van der Waals surface area contributed by atoms with Crippen LogP contribution in [0.1, 0.15) is 19.3 Å². The Morgan fingerprint density at radius 3 is 2.44 bits per heavy atom. The van der Waals surface area contributed by atoms with Crippen molar-refractivity contribution in [2.75, 3.05) is 23.7 Å². The number of hydrogen-bond acceptors (Lipinski definition) is 2. The number of anilines is 2. The zero-order valence-corrected chi connectivity index (χ0v) is 8.97. The minimum atomic E-state index is -0.821. The second-order valence-electron chi connectivity index (χ2n) is 5.01. The highest BCUT2D eigenvalue weighted by Crippen LogP contribution is 2.50. The maximum Gasteiger partial charge on any atom is 0.184 e. The van der Waals surface area contributed by atoms with Crippen molar-refractivity contribution < 1.29 is 8.78 Å². The normalized spacial score (nSPS) is 21.8. The molecule has 4 heteroatoms. The SMILES string of the molecule is Nc1ccc(F)c(F)c1N1CC2(CCC2)C1. The summed E-state index contributed by atoms with van der Waals surface area (Å²) in [5.41, 5.74) is 6.66. The summed E-state index contributed by atoms with van der Waals surface area (Å²) in [6.07, 6.45) is 3.68. The second-order valence-corrected chi connectivity index (χ2v) is 5.01. The molecule has 1 aliphatic carbocycles. The van der Waals surface area contributed by atoms with E-state index in [9.17, 15) is 8.78 Å². The van der Waals surface area contributed by atoms with E-state index in [1.807, 2.05) is 4.90 Å². The van der Waals surface area contributed by atoms with E-state index in [4.69, 9.17) is 5.73 Å². The Labute approximate surface area is 93.0 Å². The lowest BCUT2D eigenvalue weighted by molar-refractivity contribution is 0.0897.